The Morgan fingerprint density at radius 2 is 1.38 bits per heavy atom. The van der Waals surface area contributed by atoms with E-state index in [1.165, 1.54) is 21.7 Å². The smallest absolute Gasteiger partial charge is 0.255 e. The Balaban J connectivity index is 1.59. The predicted molar refractivity (Wildman–Crippen MR) is 121 cm³/mol. The van der Waals surface area contributed by atoms with Crippen molar-refractivity contribution in [3.05, 3.63) is 95.6 Å². The van der Waals surface area contributed by atoms with Gasteiger partial charge in [-0.2, -0.15) is 0 Å². The number of benzene rings is 3. The Hall–Kier alpha value is -3.11. The number of anilines is 2. The molecule has 0 spiro atoms. The lowest BCUT2D eigenvalue weighted by Crippen LogP contribution is -3.09. The van der Waals surface area contributed by atoms with Crippen molar-refractivity contribution >= 4 is 17.3 Å². The highest BCUT2D eigenvalue weighted by Crippen LogP contribution is 2.12. The second-order valence-corrected chi connectivity index (χ2v) is 7.54. The van der Waals surface area contributed by atoms with Gasteiger partial charge in [-0.25, -0.2) is 0 Å². The molecule has 3 rings (SSSR count). The molecule has 0 aliphatic rings. The molecule has 3 aromatic carbocycles. The zero-order valence-electron chi connectivity index (χ0n) is 17.5. The summed E-state index contributed by atoms with van der Waals surface area (Å²) in [5.74, 6) is -0.0802. The standard InChI is InChI=1S/C25H29N3O/c1-4-28(19-21-12-16-24(17-13-21)27(2)3)18-20-10-14-22(15-11-20)25(29)26-23-8-6-5-7-9-23/h5-17H,4,18-19H2,1-3H3,(H,26,29)/p+1. The summed E-state index contributed by atoms with van der Waals surface area (Å²) in [4.78, 5) is 16.0. The van der Waals surface area contributed by atoms with E-state index >= 15 is 0 Å². The summed E-state index contributed by atoms with van der Waals surface area (Å²) in [7, 11) is 4.12. The highest BCUT2D eigenvalue weighted by atomic mass is 16.1. The van der Waals surface area contributed by atoms with Gasteiger partial charge in [0.05, 0.1) is 6.54 Å². The summed E-state index contributed by atoms with van der Waals surface area (Å²) >= 11 is 0. The van der Waals surface area contributed by atoms with Crippen LogP contribution in [0.3, 0.4) is 0 Å². The highest BCUT2D eigenvalue weighted by Gasteiger charge is 2.11. The van der Waals surface area contributed by atoms with Crippen LogP contribution in [0.5, 0.6) is 0 Å². The molecule has 3 aromatic rings. The van der Waals surface area contributed by atoms with E-state index in [-0.39, 0.29) is 5.91 Å². The molecule has 0 radical (unpaired) electrons. The Kier molecular flexibility index (Phi) is 7.04. The largest absolute Gasteiger partial charge is 0.378 e. The second-order valence-electron chi connectivity index (χ2n) is 7.54. The molecule has 0 heterocycles. The number of nitrogens with zero attached hydrogens (tertiary/aromatic N) is 1. The van der Waals surface area contributed by atoms with Crippen LogP contribution in [0.25, 0.3) is 0 Å². The third-order valence-corrected chi connectivity index (χ3v) is 5.11. The molecule has 0 aliphatic heterocycles. The Morgan fingerprint density at radius 3 is 1.90 bits per heavy atom. The van der Waals surface area contributed by atoms with Gasteiger partial charge in [0, 0.05) is 42.2 Å². The maximum atomic E-state index is 12.4. The molecule has 1 atom stereocenters. The third kappa shape index (κ3) is 5.93. The van der Waals surface area contributed by atoms with Crippen LogP contribution < -0.4 is 15.1 Å². The van der Waals surface area contributed by atoms with E-state index in [1.807, 2.05) is 42.5 Å². The van der Waals surface area contributed by atoms with E-state index in [4.69, 9.17) is 0 Å². The molecular formula is C25H30N3O+. The van der Waals surface area contributed by atoms with Crippen LogP contribution >= 0.6 is 0 Å². The fourth-order valence-corrected chi connectivity index (χ4v) is 3.30. The monoisotopic (exact) mass is 388 g/mol. The van der Waals surface area contributed by atoms with Crippen molar-refractivity contribution in [3.63, 3.8) is 0 Å². The molecule has 1 amide bonds. The number of hydrogen-bond acceptors (Lipinski definition) is 2. The fraction of sp³-hybridized carbons (Fsp3) is 0.240. The van der Waals surface area contributed by atoms with Crippen molar-refractivity contribution in [2.75, 3.05) is 30.9 Å². The van der Waals surface area contributed by atoms with Crippen LogP contribution in [-0.2, 0) is 13.1 Å². The van der Waals surface area contributed by atoms with Gasteiger partial charge in [-0.1, -0.05) is 42.5 Å². The van der Waals surface area contributed by atoms with Crippen LogP contribution in [0.2, 0.25) is 0 Å². The maximum absolute atomic E-state index is 12.4. The lowest BCUT2D eigenvalue weighted by atomic mass is 10.1. The number of rotatable bonds is 8. The topological polar surface area (TPSA) is 36.8 Å². The molecular weight excluding hydrogens is 358 g/mol. The number of para-hydroxylation sites is 1. The zero-order valence-corrected chi connectivity index (χ0v) is 17.5. The summed E-state index contributed by atoms with van der Waals surface area (Å²) in [6, 6.07) is 26.2. The van der Waals surface area contributed by atoms with Crippen LogP contribution in [-0.4, -0.2) is 26.5 Å². The summed E-state index contributed by atoms with van der Waals surface area (Å²) in [5.41, 5.74) is 5.28. The van der Waals surface area contributed by atoms with Crippen LogP contribution in [0.15, 0.2) is 78.9 Å². The quantitative estimate of drug-likeness (QED) is 0.619. The minimum atomic E-state index is -0.0802. The van der Waals surface area contributed by atoms with Gasteiger partial charge < -0.3 is 15.1 Å². The van der Waals surface area contributed by atoms with Crippen LogP contribution in [0.1, 0.15) is 28.4 Å². The van der Waals surface area contributed by atoms with Crippen molar-refractivity contribution in [3.8, 4) is 0 Å². The first kappa shape index (κ1) is 20.6. The molecule has 2 N–H and O–H groups in total. The van der Waals surface area contributed by atoms with E-state index < -0.39 is 0 Å². The van der Waals surface area contributed by atoms with Gasteiger partial charge >= 0.3 is 0 Å². The molecule has 4 nitrogen and oxygen atoms in total. The highest BCUT2D eigenvalue weighted by molar-refractivity contribution is 6.04. The zero-order chi connectivity index (χ0) is 20.6. The van der Waals surface area contributed by atoms with Gasteiger partial charge in [-0.15, -0.1) is 0 Å². The first-order chi connectivity index (χ1) is 14.0. The van der Waals surface area contributed by atoms with Crippen molar-refractivity contribution < 1.29 is 9.69 Å². The average Bonchev–Trinajstić information content (AvgIpc) is 2.75. The lowest BCUT2D eigenvalue weighted by molar-refractivity contribution is -0.925. The summed E-state index contributed by atoms with van der Waals surface area (Å²) in [6.45, 7) is 5.18. The minimum Gasteiger partial charge on any atom is -0.378 e. The number of hydrogen-bond donors (Lipinski definition) is 2. The van der Waals surface area contributed by atoms with Gasteiger partial charge in [0.15, 0.2) is 0 Å². The van der Waals surface area contributed by atoms with E-state index in [0.717, 1.165) is 25.3 Å². The van der Waals surface area contributed by atoms with Crippen molar-refractivity contribution in [2.45, 2.75) is 20.0 Å². The number of nitrogens with one attached hydrogen (secondary N) is 2. The van der Waals surface area contributed by atoms with Crippen molar-refractivity contribution in [1.29, 1.82) is 0 Å². The first-order valence-corrected chi connectivity index (χ1v) is 10.1. The third-order valence-electron chi connectivity index (χ3n) is 5.11. The van der Waals surface area contributed by atoms with E-state index in [1.54, 1.807) is 0 Å². The molecule has 150 valence electrons. The Labute approximate surface area is 173 Å². The van der Waals surface area contributed by atoms with Gasteiger partial charge in [-0.05, 0) is 43.3 Å². The van der Waals surface area contributed by atoms with E-state index in [9.17, 15) is 4.79 Å². The molecule has 0 aliphatic carbocycles. The molecule has 1 unspecified atom stereocenters. The molecule has 4 heteroatoms. The van der Waals surface area contributed by atoms with E-state index in [0.29, 0.717) is 5.56 Å². The first-order valence-electron chi connectivity index (χ1n) is 10.1. The maximum Gasteiger partial charge on any atom is 0.255 e. The molecule has 0 saturated carbocycles. The average molecular weight is 389 g/mol. The van der Waals surface area contributed by atoms with Gasteiger partial charge in [-0.3, -0.25) is 4.79 Å². The van der Waals surface area contributed by atoms with Crippen LogP contribution in [0.4, 0.5) is 11.4 Å². The number of amides is 1. The van der Waals surface area contributed by atoms with Crippen molar-refractivity contribution in [1.82, 2.24) is 0 Å². The molecule has 0 fully saturated rings. The fourth-order valence-electron chi connectivity index (χ4n) is 3.30. The SMILES string of the molecule is CC[NH+](Cc1ccc(C(=O)Nc2ccccc2)cc1)Cc1ccc(N(C)C)cc1. The van der Waals surface area contributed by atoms with Crippen LogP contribution in [0, 0.1) is 0 Å². The Morgan fingerprint density at radius 1 is 0.828 bits per heavy atom. The molecule has 0 saturated heterocycles. The summed E-state index contributed by atoms with van der Waals surface area (Å²) < 4.78 is 0. The number of carbonyl (C=O) groups is 1. The second kappa shape index (κ2) is 9.89. The van der Waals surface area contributed by atoms with Gasteiger partial charge in [0.25, 0.3) is 5.91 Å². The Bertz CT molecular complexity index is 903. The minimum absolute atomic E-state index is 0.0802. The number of carbonyl (C=O) groups excluding carboxylic acids is 1. The van der Waals surface area contributed by atoms with E-state index in [2.05, 4.69) is 67.6 Å². The summed E-state index contributed by atoms with van der Waals surface area (Å²) in [6.07, 6.45) is 0. The molecule has 29 heavy (non-hydrogen) atoms. The van der Waals surface area contributed by atoms with Gasteiger partial charge in [0.2, 0.25) is 0 Å². The number of quaternary nitrogens is 1. The lowest BCUT2D eigenvalue weighted by Gasteiger charge is -2.19. The normalized spacial score (nSPS) is 11.7. The molecule has 0 aromatic heterocycles. The predicted octanol–water partition coefficient (Wildman–Crippen LogP) is 3.61. The van der Waals surface area contributed by atoms with Crippen molar-refractivity contribution in [2.24, 2.45) is 0 Å². The van der Waals surface area contributed by atoms with Gasteiger partial charge in [0.1, 0.15) is 13.1 Å². The summed E-state index contributed by atoms with van der Waals surface area (Å²) in [5, 5.41) is 2.93. The molecule has 0 bridgehead atoms.